The van der Waals surface area contributed by atoms with E-state index in [0.29, 0.717) is 5.69 Å². The Kier molecular flexibility index (Phi) is 3.65. The Morgan fingerprint density at radius 2 is 1.74 bits per heavy atom. The summed E-state index contributed by atoms with van der Waals surface area (Å²) in [6.45, 7) is 5.47. The number of thiazole rings is 1. The average Bonchev–Trinajstić information content (AvgIpc) is 2.98. The molecule has 0 spiro atoms. The van der Waals surface area contributed by atoms with Crippen LogP contribution < -0.4 is 9.80 Å². The summed E-state index contributed by atoms with van der Waals surface area (Å²) in [4.78, 5) is 9.16. The maximum absolute atomic E-state index is 13.9. The molecule has 0 amide bonds. The number of rotatable bonds is 2. The first kappa shape index (κ1) is 14.5. The van der Waals surface area contributed by atoms with Gasteiger partial charge in [0.05, 0.1) is 15.9 Å². The van der Waals surface area contributed by atoms with E-state index in [4.69, 9.17) is 4.98 Å². The van der Waals surface area contributed by atoms with Gasteiger partial charge >= 0.3 is 0 Å². The Balaban J connectivity index is 1.51. The highest BCUT2D eigenvalue weighted by Gasteiger charge is 2.21. The van der Waals surface area contributed by atoms with Gasteiger partial charge in [-0.1, -0.05) is 29.5 Å². The van der Waals surface area contributed by atoms with E-state index in [1.807, 2.05) is 12.1 Å². The second kappa shape index (κ2) is 5.81. The second-order valence-electron chi connectivity index (χ2n) is 5.89. The Labute approximate surface area is 139 Å². The van der Waals surface area contributed by atoms with Crippen molar-refractivity contribution in [1.29, 1.82) is 0 Å². The number of piperazine rings is 1. The highest BCUT2D eigenvalue weighted by atomic mass is 32.1. The van der Waals surface area contributed by atoms with E-state index in [9.17, 15) is 4.39 Å². The Hall–Kier alpha value is -2.14. The number of aromatic nitrogens is 1. The summed E-state index contributed by atoms with van der Waals surface area (Å²) in [6.07, 6.45) is 0. The minimum absolute atomic E-state index is 0.142. The average molecular weight is 327 g/mol. The van der Waals surface area contributed by atoms with Crippen LogP contribution in [0, 0.1) is 12.7 Å². The molecule has 0 bridgehead atoms. The molecular formula is C18H18FN3S. The number of halogens is 1. The van der Waals surface area contributed by atoms with Crippen molar-refractivity contribution in [2.75, 3.05) is 36.0 Å². The molecule has 2 aromatic carbocycles. The zero-order valence-corrected chi connectivity index (χ0v) is 13.8. The molecular weight excluding hydrogens is 309 g/mol. The van der Waals surface area contributed by atoms with E-state index in [1.165, 1.54) is 16.3 Å². The van der Waals surface area contributed by atoms with Crippen LogP contribution in [0.5, 0.6) is 0 Å². The van der Waals surface area contributed by atoms with E-state index in [-0.39, 0.29) is 5.82 Å². The van der Waals surface area contributed by atoms with Gasteiger partial charge in [-0.25, -0.2) is 9.37 Å². The maximum Gasteiger partial charge on any atom is 0.186 e. The summed E-state index contributed by atoms with van der Waals surface area (Å²) in [6, 6.07) is 13.4. The summed E-state index contributed by atoms with van der Waals surface area (Å²) < 4.78 is 15.1. The normalized spacial score (nSPS) is 15.4. The monoisotopic (exact) mass is 327 g/mol. The Morgan fingerprint density at radius 3 is 2.52 bits per heavy atom. The lowest BCUT2D eigenvalue weighted by molar-refractivity contribution is 0.597. The molecule has 0 unspecified atom stereocenters. The molecule has 0 atom stereocenters. The molecule has 4 rings (SSSR count). The fourth-order valence-electron chi connectivity index (χ4n) is 3.00. The summed E-state index contributed by atoms with van der Waals surface area (Å²) in [5.41, 5.74) is 3.02. The Bertz CT molecular complexity index is 837. The molecule has 1 aliphatic heterocycles. The quantitative estimate of drug-likeness (QED) is 0.707. The minimum atomic E-state index is -0.142. The van der Waals surface area contributed by atoms with Crippen molar-refractivity contribution in [3.8, 4) is 0 Å². The van der Waals surface area contributed by atoms with Crippen molar-refractivity contribution < 1.29 is 4.39 Å². The number of fused-ring (bicyclic) bond motifs is 1. The van der Waals surface area contributed by atoms with Gasteiger partial charge in [-0.3, -0.25) is 0 Å². The largest absolute Gasteiger partial charge is 0.366 e. The molecule has 5 heteroatoms. The second-order valence-corrected chi connectivity index (χ2v) is 6.90. The van der Waals surface area contributed by atoms with Crippen LogP contribution in [-0.4, -0.2) is 31.2 Å². The summed E-state index contributed by atoms with van der Waals surface area (Å²) in [5, 5.41) is 1.07. The predicted molar refractivity (Wildman–Crippen MR) is 95.2 cm³/mol. The van der Waals surface area contributed by atoms with E-state index in [2.05, 4.69) is 34.9 Å². The molecule has 3 nitrogen and oxygen atoms in total. The van der Waals surface area contributed by atoms with E-state index < -0.39 is 0 Å². The molecule has 0 aliphatic carbocycles. The van der Waals surface area contributed by atoms with Crippen molar-refractivity contribution in [1.82, 2.24) is 4.98 Å². The Morgan fingerprint density at radius 1 is 1.00 bits per heavy atom. The number of hydrogen-bond donors (Lipinski definition) is 0. The van der Waals surface area contributed by atoms with Crippen LogP contribution in [0.15, 0.2) is 42.5 Å². The number of hydrogen-bond acceptors (Lipinski definition) is 4. The summed E-state index contributed by atoms with van der Waals surface area (Å²) >= 11 is 1.74. The van der Waals surface area contributed by atoms with Gasteiger partial charge in [-0.2, -0.15) is 0 Å². The minimum Gasteiger partial charge on any atom is -0.366 e. The van der Waals surface area contributed by atoms with Gasteiger partial charge in [0.2, 0.25) is 0 Å². The van der Waals surface area contributed by atoms with Crippen molar-refractivity contribution in [2.24, 2.45) is 0 Å². The van der Waals surface area contributed by atoms with E-state index in [1.54, 1.807) is 17.4 Å². The van der Waals surface area contributed by atoms with Gasteiger partial charge in [0.15, 0.2) is 5.13 Å². The van der Waals surface area contributed by atoms with Crippen LogP contribution in [0.2, 0.25) is 0 Å². The molecule has 0 radical (unpaired) electrons. The molecule has 1 aliphatic rings. The fraction of sp³-hybridized carbons (Fsp3) is 0.278. The van der Waals surface area contributed by atoms with E-state index in [0.717, 1.165) is 36.8 Å². The van der Waals surface area contributed by atoms with Gasteiger partial charge in [-0.15, -0.1) is 0 Å². The third-order valence-corrected chi connectivity index (χ3v) is 5.35. The van der Waals surface area contributed by atoms with Gasteiger partial charge in [-0.05, 0) is 36.8 Å². The SMILES string of the molecule is Cc1ccc2nc(N3CCN(c4ccccc4F)CC3)sc2c1. The van der Waals surface area contributed by atoms with Gasteiger partial charge in [0.1, 0.15) is 5.82 Å². The van der Waals surface area contributed by atoms with E-state index >= 15 is 0 Å². The predicted octanol–water partition coefficient (Wildman–Crippen LogP) is 4.07. The van der Waals surface area contributed by atoms with Crippen LogP contribution in [-0.2, 0) is 0 Å². The zero-order valence-electron chi connectivity index (χ0n) is 13.0. The molecule has 2 heterocycles. The maximum atomic E-state index is 13.9. The smallest absolute Gasteiger partial charge is 0.186 e. The highest BCUT2D eigenvalue weighted by Crippen LogP contribution is 2.30. The zero-order chi connectivity index (χ0) is 15.8. The van der Waals surface area contributed by atoms with Gasteiger partial charge in [0, 0.05) is 26.2 Å². The number of anilines is 2. The molecule has 0 N–H and O–H groups in total. The lowest BCUT2D eigenvalue weighted by Crippen LogP contribution is -2.46. The van der Waals surface area contributed by atoms with Crippen LogP contribution in [0.4, 0.5) is 15.2 Å². The molecule has 1 saturated heterocycles. The highest BCUT2D eigenvalue weighted by molar-refractivity contribution is 7.22. The van der Waals surface area contributed by atoms with Crippen LogP contribution in [0.25, 0.3) is 10.2 Å². The van der Waals surface area contributed by atoms with Crippen molar-refractivity contribution in [2.45, 2.75) is 6.92 Å². The standard InChI is InChI=1S/C18H18FN3S/c1-13-6-7-15-17(12-13)23-18(20-15)22-10-8-21(9-11-22)16-5-3-2-4-14(16)19/h2-7,12H,8-11H2,1H3. The number of para-hydroxylation sites is 1. The fourth-order valence-corrected chi connectivity index (χ4v) is 4.12. The molecule has 1 fully saturated rings. The van der Waals surface area contributed by atoms with Crippen LogP contribution in [0.3, 0.4) is 0 Å². The van der Waals surface area contributed by atoms with Gasteiger partial charge < -0.3 is 9.80 Å². The van der Waals surface area contributed by atoms with Crippen molar-refractivity contribution in [3.05, 3.63) is 53.8 Å². The number of benzene rings is 2. The topological polar surface area (TPSA) is 19.4 Å². The molecule has 0 saturated carbocycles. The van der Waals surface area contributed by atoms with Crippen LogP contribution in [0.1, 0.15) is 5.56 Å². The lowest BCUT2D eigenvalue weighted by atomic mass is 10.2. The molecule has 118 valence electrons. The number of aryl methyl sites for hydroxylation is 1. The van der Waals surface area contributed by atoms with Crippen molar-refractivity contribution >= 4 is 32.4 Å². The first-order valence-corrected chi connectivity index (χ1v) is 8.64. The molecule has 3 aromatic rings. The lowest BCUT2D eigenvalue weighted by Gasteiger charge is -2.36. The first-order chi connectivity index (χ1) is 11.2. The first-order valence-electron chi connectivity index (χ1n) is 7.82. The summed E-state index contributed by atoms with van der Waals surface area (Å²) in [5.74, 6) is -0.142. The van der Waals surface area contributed by atoms with Crippen molar-refractivity contribution in [3.63, 3.8) is 0 Å². The number of nitrogens with zero attached hydrogens (tertiary/aromatic N) is 3. The molecule has 1 aromatic heterocycles. The third kappa shape index (κ3) is 2.77. The third-order valence-electron chi connectivity index (χ3n) is 4.28. The van der Waals surface area contributed by atoms with Crippen LogP contribution >= 0.6 is 11.3 Å². The van der Waals surface area contributed by atoms with Gasteiger partial charge in [0.25, 0.3) is 0 Å². The summed E-state index contributed by atoms with van der Waals surface area (Å²) in [7, 11) is 0. The molecule has 23 heavy (non-hydrogen) atoms.